The first-order valence-electron chi connectivity index (χ1n) is 13.1. The molecule has 3 unspecified atom stereocenters. The average molecular weight is 505 g/mol. The molecule has 4 rings (SSSR count). The van der Waals surface area contributed by atoms with Crippen LogP contribution in [0.4, 0.5) is 0 Å². The van der Waals surface area contributed by atoms with Crippen LogP contribution >= 0.6 is 0 Å². The van der Waals surface area contributed by atoms with Crippen molar-refractivity contribution in [2.45, 2.75) is 69.4 Å². The summed E-state index contributed by atoms with van der Waals surface area (Å²) >= 11 is 0. The number of hydrogen-bond donors (Lipinski definition) is 4. The Labute approximate surface area is 218 Å². The van der Waals surface area contributed by atoms with Crippen molar-refractivity contribution in [3.8, 4) is 17.2 Å². The minimum absolute atomic E-state index is 0.0400. The molecular formula is C29H36N4O4. The number of carbonyl (C=O) groups excluding carboxylic acids is 2. The van der Waals surface area contributed by atoms with E-state index < -0.39 is 24.0 Å². The average Bonchev–Trinajstić information content (AvgIpc) is 3.45. The highest BCUT2D eigenvalue weighted by atomic mass is 16.3. The summed E-state index contributed by atoms with van der Waals surface area (Å²) < 4.78 is 0. The molecule has 0 aromatic heterocycles. The highest BCUT2D eigenvalue weighted by Gasteiger charge is 2.41. The zero-order valence-electron chi connectivity index (χ0n) is 21.3. The van der Waals surface area contributed by atoms with Crippen LogP contribution in [0.5, 0.6) is 0 Å². The minimum atomic E-state index is -1.84. The van der Waals surface area contributed by atoms with E-state index in [0.717, 1.165) is 55.2 Å². The lowest BCUT2D eigenvalue weighted by Crippen LogP contribution is -2.53. The van der Waals surface area contributed by atoms with E-state index in [2.05, 4.69) is 16.7 Å². The zero-order chi connectivity index (χ0) is 26.4. The van der Waals surface area contributed by atoms with Crippen molar-refractivity contribution in [1.82, 2.24) is 15.5 Å². The van der Waals surface area contributed by atoms with Crippen LogP contribution in [0.25, 0.3) is 11.1 Å². The summed E-state index contributed by atoms with van der Waals surface area (Å²) in [5, 5.41) is 36.3. The van der Waals surface area contributed by atoms with Crippen LogP contribution in [-0.4, -0.2) is 64.8 Å². The molecule has 2 amide bonds. The van der Waals surface area contributed by atoms with Gasteiger partial charge in [0.2, 0.25) is 0 Å². The van der Waals surface area contributed by atoms with Gasteiger partial charge in [-0.1, -0.05) is 48.9 Å². The van der Waals surface area contributed by atoms with E-state index >= 15 is 0 Å². The van der Waals surface area contributed by atoms with Gasteiger partial charge in [0, 0.05) is 25.2 Å². The standard InChI is InChI=1S/C29H36N4O4/c1-31-23-8-4-7-21(16-23)25-10-5-15-33(25)29(37)27(35)26(34)28(36)32-18-19-11-13-20(14-12-19)24-9-3-2-6-22(24)17-30/h2-3,6,9,11-14,21,23,25-27,31,34-35H,4-5,7-8,10,15-16,18H2,1H3,(H,32,36)/t21?,23?,25?,26-,27-/m1/s1. The second-order valence-electron chi connectivity index (χ2n) is 10.1. The van der Waals surface area contributed by atoms with E-state index in [1.807, 2.05) is 49.5 Å². The fourth-order valence-corrected chi connectivity index (χ4v) is 5.77. The third-order valence-corrected chi connectivity index (χ3v) is 7.85. The highest BCUT2D eigenvalue weighted by Crippen LogP contribution is 2.35. The normalized spacial score (nSPS) is 23.2. The maximum atomic E-state index is 13.1. The summed E-state index contributed by atoms with van der Waals surface area (Å²) in [5.74, 6) is -1.00. The molecule has 1 aliphatic carbocycles. The van der Waals surface area contributed by atoms with Gasteiger partial charge in [-0.25, -0.2) is 0 Å². The van der Waals surface area contributed by atoms with Crippen LogP contribution in [0.15, 0.2) is 48.5 Å². The molecule has 2 aliphatic rings. The van der Waals surface area contributed by atoms with Gasteiger partial charge in [-0.2, -0.15) is 5.26 Å². The Morgan fingerprint density at radius 2 is 1.81 bits per heavy atom. The summed E-state index contributed by atoms with van der Waals surface area (Å²) in [7, 11) is 1.96. The third-order valence-electron chi connectivity index (χ3n) is 7.85. The van der Waals surface area contributed by atoms with Crippen LogP contribution in [0, 0.1) is 17.2 Å². The smallest absolute Gasteiger partial charge is 0.254 e. The monoisotopic (exact) mass is 504 g/mol. The topological polar surface area (TPSA) is 126 Å². The number of nitriles is 1. The molecule has 1 saturated carbocycles. The molecule has 37 heavy (non-hydrogen) atoms. The van der Waals surface area contributed by atoms with Crippen LogP contribution in [-0.2, 0) is 16.1 Å². The van der Waals surface area contributed by atoms with Crippen LogP contribution < -0.4 is 10.6 Å². The largest absolute Gasteiger partial charge is 0.380 e. The summed E-state index contributed by atoms with van der Waals surface area (Å²) in [5.41, 5.74) is 3.08. The van der Waals surface area contributed by atoms with Gasteiger partial charge in [0.15, 0.2) is 12.2 Å². The molecule has 0 radical (unpaired) electrons. The number of hydrogen-bond acceptors (Lipinski definition) is 6. The Hall–Kier alpha value is -3.25. The van der Waals surface area contributed by atoms with Crippen LogP contribution in [0.2, 0.25) is 0 Å². The maximum absolute atomic E-state index is 13.1. The SMILES string of the molecule is CNC1CCCC(C2CCCN2C(=O)[C@H](O)[C@@H](O)C(=O)NCc2ccc(-c3ccccc3C#N)cc2)C1. The van der Waals surface area contributed by atoms with Crippen molar-refractivity contribution in [2.75, 3.05) is 13.6 Å². The second-order valence-corrected chi connectivity index (χ2v) is 10.1. The van der Waals surface area contributed by atoms with Crippen molar-refractivity contribution >= 4 is 11.8 Å². The number of nitrogens with one attached hydrogen (secondary N) is 2. The van der Waals surface area contributed by atoms with Crippen LogP contribution in [0.3, 0.4) is 0 Å². The van der Waals surface area contributed by atoms with Crippen molar-refractivity contribution in [3.05, 3.63) is 59.7 Å². The fourth-order valence-electron chi connectivity index (χ4n) is 5.77. The zero-order valence-corrected chi connectivity index (χ0v) is 21.3. The molecule has 4 N–H and O–H groups in total. The van der Waals surface area contributed by atoms with Crippen molar-refractivity contribution in [2.24, 2.45) is 5.92 Å². The van der Waals surface area contributed by atoms with Gasteiger partial charge in [-0.15, -0.1) is 0 Å². The Morgan fingerprint density at radius 1 is 1.05 bits per heavy atom. The summed E-state index contributed by atoms with van der Waals surface area (Å²) in [6, 6.07) is 17.4. The molecule has 8 nitrogen and oxygen atoms in total. The van der Waals surface area contributed by atoms with Crippen LogP contribution in [0.1, 0.15) is 49.7 Å². The molecule has 196 valence electrons. The molecule has 2 aromatic carbocycles. The first-order chi connectivity index (χ1) is 17.9. The number of nitrogens with zero attached hydrogens (tertiary/aromatic N) is 2. The van der Waals surface area contributed by atoms with E-state index in [4.69, 9.17) is 0 Å². The van der Waals surface area contributed by atoms with E-state index in [9.17, 15) is 25.1 Å². The maximum Gasteiger partial charge on any atom is 0.254 e. The number of amides is 2. The minimum Gasteiger partial charge on any atom is -0.380 e. The van der Waals surface area contributed by atoms with Gasteiger partial charge in [0.1, 0.15) is 0 Å². The first-order valence-corrected chi connectivity index (χ1v) is 13.1. The van der Waals surface area contributed by atoms with Gasteiger partial charge in [0.05, 0.1) is 11.6 Å². The summed E-state index contributed by atoms with van der Waals surface area (Å²) in [4.78, 5) is 27.4. The summed E-state index contributed by atoms with van der Waals surface area (Å²) in [6.07, 6.45) is 2.38. The first kappa shape index (κ1) is 26.8. The van der Waals surface area contributed by atoms with Gasteiger partial charge in [-0.05, 0) is 67.8 Å². The Morgan fingerprint density at radius 3 is 2.54 bits per heavy atom. The molecule has 1 saturated heterocycles. The summed E-state index contributed by atoms with van der Waals surface area (Å²) in [6.45, 7) is 0.674. The third kappa shape index (κ3) is 6.19. The lowest BCUT2D eigenvalue weighted by atomic mass is 9.80. The van der Waals surface area contributed by atoms with Crippen molar-refractivity contribution in [3.63, 3.8) is 0 Å². The van der Waals surface area contributed by atoms with Gasteiger partial charge >= 0.3 is 0 Å². The number of likely N-dealkylation sites (tertiary alicyclic amines) is 1. The number of aliphatic hydroxyl groups is 2. The Bertz CT molecular complexity index is 1130. The van der Waals surface area contributed by atoms with Gasteiger partial charge in [-0.3, -0.25) is 9.59 Å². The number of benzene rings is 2. The number of carbonyl (C=O) groups is 2. The Kier molecular flexibility index (Phi) is 8.93. The molecule has 2 aromatic rings. The lowest BCUT2D eigenvalue weighted by Gasteiger charge is -2.38. The predicted molar refractivity (Wildman–Crippen MR) is 140 cm³/mol. The molecule has 1 aliphatic heterocycles. The molecule has 8 heteroatoms. The molecule has 0 spiro atoms. The Balaban J connectivity index is 1.32. The van der Waals surface area contributed by atoms with Gasteiger partial charge < -0.3 is 25.7 Å². The second kappa shape index (κ2) is 12.3. The highest BCUT2D eigenvalue weighted by molar-refractivity contribution is 5.91. The molecule has 1 heterocycles. The molecule has 5 atom stereocenters. The number of rotatable bonds is 8. The molecular weight excluding hydrogens is 468 g/mol. The van der Waals surface area contributed by atoms with Crippen molar-refractivity contribution in [1.29, 1.82) is 5.26 Å². The van der Waals surface area contributed by atoms with E-state index in [1.165, 1.54) is 0 Å². The quantitative estimate of drug-likeness (QED) is 0.437. The molecule has 2 fully saturated rings. The van der Waals surface area contributed by atoms with Gasteiger partial charge in [0.25, 0.3) is 11.8 Å². The van der Waals surface area contributed by atoms with Crippen molar-refractivity contribution < 1.29 is 19.8 Å². The van der Waals surface area contributed by atoms with E-state index in [1.54, 1.807) is 11.0 Å². The van der Waals surface area contributed by atoms with E-state index in [0.29, 0.717) is 24.1 Å². The lowest BCUT2D eigenvalue weighted by molar-refractivity contribution is -0.154. The van der Waals surface area contributed by atoms with E-state index in [-0.39, 0.29) is 12.6 Å². The molecule has 0 bridgehead atoms. The number of aliphatic hydroxyl groups excluding tert-OH is 2. The predicted octanol–water partition coefficient (Wildman–Crippen LogP) is 2.33. The fraction of sp³-hybridized carbons (Fsp3) is 0.483.